The summed E-state index contributed by atoms with van der Waals surface area (Å²) < 4.78 is 0. The number of ketones is 1. The maximum Gasteiger partial charge on any atom is 0.294 e. The first-order chi connectivity index (χ1) is 13.6. The summed E-state index contributed by atoms with van der Waals surface area (Å²) in [4.78, 5) is 27.0. The van der Waals surface area contributed by atoms with Crippen molar-refractivity contribution in [3.05, 3.63) is 77.6 Å². The van der Waals surface area contributed by atoms with E-state index in [4.69, 9.17) is 0 Å². The van der Waals surface area contributed by atoms with E-state index in [9.17, 15) is 9.59 Å². The van der Waals surface area contributed by atoms with Gasteiger partial charge in [-0.15, -0.1) is 0 Å². The highest BCUT2D eigenvalue weighted by Crippen LogP contribution is 2.33. The molecular weight excluding hydrogens is 350 g/mol. The number of carbonyl (C=O) groups excluding carboxylic acids is 2. The highest BCUT2D eigenvalue weighted by atomic mass is 16.2. The molecule has 1 saturated heterocycles. The van der Waals surface area contributed by atoms with Crippen LogP contribution in [0.15, 0.2) is 60.8 Å². The summed E-state index contributed by atoms with van der Waals surface area (Å²) in [6.07, 6.45) is 3.67. The SMILES string of the molecule is Cc1ccc(-c2cn[nH]c2[C@@H]2CCCN(C(=O)C(=O)c3ccccc3)C2)cc1. The van der Waals surface area contributed by atoms with Crippen molar-refractivity contribution < 1.29 is 9.59 Å². The standard InChI is InChI=1S/C23H23N3O2/c1-16-9-11-17(12-10-16)20-14-24-25-21(20)19-8-5-13-26(15-19)23(28)22(27)18-6-3-2-4-7-18/h2-4,6-7,9-12,14,19H,5,8,13,15H2,1H3,(H,24,25)/t19-/m1/s1. The summed E-state index contributed by atoms with van der Waals surface area (Å²) in [6, 6.07) is 17.1. The summed E-state index contributed by atoms with van der Waals surface area (Å²) in [5, 5.41) is 7.39. The van der Waals surface area contributed by atoms with E-state index in [1.54, 1.807) is 29.2 Å². The third-order valence-electron chi connectivity index (χ3n) is 5.38. The predicted octanol–water partition coefficient (Wildman–Crippen LogP) is 3.97. The Morgan fingerprint density at radius 1 is 1.07 bits per heavy atom. The Labute approximate surface area is 164 Å². The topological polar surface area (TPSA) is 66.1 Å². The number of rotatable bonds is 4. The number of likely N-dealkylation sites (tertiary alicyclic amines) is 1. The van der Waals surface area contributed by atoms with Crippen molar-refractivity contribution in [3.8, 4) is 11.1 Å². The van der Waals surface area contributed by atoms with Crippen LogP contribution >= 0.6 is 0 Å². The Bertz CT molecular complexity index is 977. The molecule has 1 aromatic heterocycles. The van der Waals surface area contributed by atoms with Crippen molar-refractivity contribution in [1.29, 1.82) is 0 Å². The van der Waals surface area contributed by atoms with E-state index in [0.29, 0.717) is 18.7 Å². The molecule has 2 heterocycles. The molecule has 1 aliphatic rings. The number of benzene rings is 2. The van der Waals surface area contributed by atoms with Crippen LogP contribution in [-0.2, 0) is 4.79 Å². The van der Waals surface area contributed by atoms with Gasteiger partial charge in [0.1, 0.15) is 0 Å². The number of nitrogens with one attached hydrogen (secondary N) is 1. The molecule has 1 amide bonds. The second kappa shape index (κ2) is 7.80. The predicted molar refractivity (Wildman–Crippen MR) is 108 cm³/mol. The van der Waals surface area contributed by atoms with Gasteiger partial charge in [-0.25, -0.2) is 0 Å². The van der Waals surface area contributed by atoms with E-state index in [1.165, 1.54) is 5.56 Å². The van der Waals surface area contributed by atoms with Gasteiger partial charge >= 0.3 is 0 Å². The Morgan fingerprint density at radius 3 is 2.57 bits per heavy atom. The number of hydrogen-bond acceptors (Lipinski definition) is 3. The van der Waals surface area contributed by atoms with Gasteiger partial charge in [0.05, 0.1) is 6.20 Å². The molecule has 5 heteroatoms. The van der Waals surface area contributed by atoms with Crippen molar-refractivity contribution in [2.45, 2.75) is 25.7 Å². The van der Waals surface area contributed by atoms with Crippen LogP contribution in [0, 0.1) is 6.92 Å². The lowest BCUT2D eigenvalue weighted by molar-refractivity contribution is -0.127. The Balaban J connectivity index is 1.53. The largest absolute Gasteiger partial charge is 0.335 e. The molecule has 2 aromatic carbocycles. The van der Waals surface area contributed by atoms with E-state index in [1.807, 2.05) is 12.3 Å². The third kappa shape index (κ3) is 3.60. The number of Topliss-reactive ketones (excluding diaryl/α,β-unsaturated/α-hetero) is 1. The molecule has 28 heavy (non-hydrogen) atoms. The van der Waals surface area contributed by atoms with Crippen LogP contribution in [0.2, 0.25) is 0 Å². The lowest BCUT2D eigenvalue weighted by Gasteiger charge is -2.32. The maximum absolute atomic E-state index is 12.8. The Morgan fingerprint density at radius 2 is 1.82 bits per heavy atom. The maximum atomic E-state index is 12.8. The van der Waals surface area contributed by atoms with Gasteiger partial charge in [-0.1, -0.05) is 60.2 Å². The number of aromatic amines is 1. The molecular formula is C23H23N3O2. The first-order valence-electron chi connectivity index (χ1n) is 9.62. The number of hydrogen-bond donors (Lipinski definition) is 1. The molecule has 4 rings (SSSR count). The summed E-state index contributed by atoms with van der Waals surface area (Å²) in [5.74, 6) is -0.725. The molecule has 1 fully saturated rings. The minimum atomic E-state index is -0.440. The number of aryl methyl sites for hydroxylation is 1. The second-order valence-electron chi connectivity index (χ2n) is 7.35. The van der Waals surface area contributed by atoms with Crippen molar-refractivity contribution in [3.63, 3.8) is 0 Å². The van der Waals surface area contributed by atoms with E-state index in [2.05, 4.69) is 41.4 Å². The zero-order chi connectivity index (χ0) is 19.5. The van der Waals surface area contributed by atoms with Gasteiger partial charge in [0.25, 0.3) is 5.91 Å². The number of aromatic nitrogens is 2. The van der Waals surface area contributed by atoms with E-state index >= 15 is 0 Å². The van der Waals surface area contributed by atoms with Crippen molar-refractivity contribution >= 4 is 11.7 Å². The van der Waals surface area contributed by atoms with Crippen LogP contribution < -0.4 is 0 Å². The van der Waals surface area contributed by atoms with Gasteiger partial charge in [-0.2, -0.15) is 5.10 Å². The monoisotopic (exact) mass is 373 g/mol. The minimum absolute atomic E-state index is 0.139. The van der Waals surface area contributed by atoms with Gasteiger partial charge in [0, 0.05) is 35.8 Å². The molecule has 142 valence electrons. The number of carbonyl (C=O) groups is 2. The fraction of sp³-hybridized carbons (Fsp3) is 0.261. The van der Waals surface area contributed by atoms with Gasteiger partial charge in [0.2, 0.25) is 5.78 Å². The summed E-state index contributed by atoms with van der Waals surface area (Å²) in [7, 11) is 0. The molecule has 0 saturated carbocycles. The molecule has 0 bridgehead atoms. The molecule has 3 aromatic rings. The van der Waals surface area contributed by atoms with Crippen LogP contribution in [0.25, 0.3) is 11.1 Å². The molecule has 1 N–H and O–H groups in total. The zero-order valence-electron chi connectivity index (χ0n) is 15.9. The lowest BCUT2D eigenvalue weighted by atomic mass is 9.90. The zero-order valence-corrected chi connectivity index (χ0v) is 15.9. The average Bonchev–Trinajstić information content (AvgIpc) is 3.24. The van der Waals surface area contributed by atoms with Crippen LogP contribution in [0.4, 0.5) is 0 Å². The summed E-state index contributed by atoms with van der Waals surface area (Å²) >= 11 is 0. The lowest BCUT2D eigenvalue weighted by Crippen LogP contribution is -2.42. The van der Waals surface area contributed by atoms with Gasteiger partial charge in [-0.3, -0.25) is 14.7 Å². The molecule has 0 spiro atoms. The number of piperidine rings is 1. The normalized spacial score (nSPS) is 16.8. The summed E-state index contributed by atoms with van der Waals surface area (Å²) in [5.41, 5.74) is 4.86. The summed E-state index contributed by atoms with van der Waals surface area (Å²) in [6.45, 7) is 3.20. The van der Waals surface area contributed by atoms with E-state index in [0.717, 1.165) is 29.7 Å². The van der Waals surface area contributed by atoms with Crippen LogP contribution in [-0.4, -0.2) is 39.9 Å². The van der Waals surface area contributed by atoms with Crippen molar-refractivity contribution in [1.82, 2.24) is 15.1 Å². The van der Waals surface area contributed by atoms with Crippen molar-refractivity contribution in [2.24, 2.45) is 0 Å². The van der Waals surface area contributed by atoms with Gasteiger partial charge in [-0.05, 0) is 25.3 Å². The number of H-pyrrole nitrogens is 1. The van der Waals surface area contributed by atoms with E-state index in [-0.39, 0.29) is 5.92 Å². The molecule has 0 aliphatic carbocycles. The second-order valence-corrected chi connectivity index (χ2v) is 7.35. The smallest absolute Gasteiger partial charge is 0.294 e. The minimum Gasteiger partial charge on any atom is -0.335 e. The van der Waals surface area contributed by atoms with Crippen molar-refractivity contribution in [2.75, 3.05) is 13.1 Å². The van der Waals surface area contributed by atoms with Crippen LogP contribution in [0.3, 0.4) is 0 Å². The van der Waals surface area contributed by atoms with Crippen LogP contribution in [0.5, 0.6) is 0 Å². The molecule has 5 nitrogen and oxygen atoms in total. The first-order valence-corrected chi connectivity index (χ1v) is 9.62. The van der Waals surface area contributed by atoms with Gasteiger partial charge < -0.3 is 4.90 Å². The quantitative estimate of drug-likeness (QED) is 0.556. The number of amides is 1. The van der Waals surface area contributed by atoms with E-state index < -0.39 is 11.7 Å². The average molecular weight is 373 g/mol. The third-order valence-corrected chi connectivity index (χ3v) is 5.38. The molecule has 0 unspecified atom stereocenters. The fourth-order valence-corrected chi connectivity index (χ4v) is 3.82. The highest BCUT2D eigenvalue weighted by molar-refractivity contribution is 6.42. The highest BCUT2D eigenvalue weighted by Gasteiger charge is 2.30. The number of nitrogens with zero attached hydrogens (tertiary/aromatic N) is 2. The molecule has 1 atom stereocenters. The Hall–Kier alpha value is -3.21. The van der Waals surface area contributed by atoms with Gasteiger partial charge in [0.15, 0.2) is 0 Å². The first kappa shape index (κ1) is 18.2. The Kier molecular flexibility index (Phi) is 5.06. The molecule has 1 aliphatic heterocycles. The fourth-order valence-electron chi connectivity index (χ4n) is 3.82. The van der Waals surface area contributed by atoms with Crippen LogP contribution in [0.1, 0.15) is 40.4 Å². The molecule has 0 radical (unpaired) electrons.